The van der Waals surface area contributed by atoms with Gasteiger partial charge in [-0.1, -0.05) is 36.0 Å². The van der Waals surface area contributed by atoms with Gasteiger partial charge in [-0.05, 0) is 66.6 Å². The van der Waals surface area contributed by atoms with Gasteiger partial charge < -0.3 is 4.74 Å². The van der Waals surface area contributed by atoms with E-state index in [1.807, 2.05) is 54.6 Å². The quantitative estimate of drug-likeness (QED) is 0.396. The molecule has 0 aliphatic heterocycles. The van der Waals surface area contributed by atoms with Crippen LogP contribution in [0.3, 0.4) is 0 Å². The highest BCUT2D eigenvalue weighted by atomic mass is 32.2. The van der Waals surface area contributed by atoms with E-state index in [1.54, 1.807) is 18.9 Å². The van der Waals surface area contributed by atoms with Crippen LogP contribution in [0.5, 0.6) is 5.75 Å². The highest BCUT2D eigenvalue weighted by Gasteiger charge is 2.16. The fourth-order valence-electron chi connectivity index (χ4n) is 3.11. The zero-order valence-electron chi connectivity index (χ0n) is 16.7. The Kier molecular flexibility index (Phi) is 5.82. The lowest BCUT2D eigenvalue weighted by Gasteiger charge is -2.11. The first kappa shape index (κ1) is 19.7. The third-order valence-electron chi connectivity index (χ3n) is 4.69. The van der Waals surface area contributed by atoms with Crippen molar-refractivity contribution in [1.29, 1.82) is 5.26 Å². The van der Waals surface area contributed by atoms with Gasteiger partial charge in [0.05, 0.1) is 18.7 Å². The summed E-state index contributed by atoms with van der Waals surface area (Å²) in [5.74, 6) is 2.32. The monoisotopic (exact) mass is 412 g/mol. The lowest BCUT2D eigenvalue weighted by atomic mass is 10.2. The minimum Gasteiger partial charge on any atom is -0.497 e. The lowest BCUT2D eigenvalue weighted by Crippen LogP contribution is -2.00. The van der Waals surface area contributed by atoms with Gasteiger partial charge in [-0.15, -0.1) is 10.2 Å². The van der Waals surface area contributed by atoms with Crippen molar-refractivity contribution in [2.24, 2.45) is 0 Å². The minimum atomic E-state index is 0.661. The zero-order valence-corrected chi connectivity index (χ0v) is 17.6. The number of rotatable bonds is 6. The summed E-state index contributed by atoms with van der Waals surface area (Å²) in [7, 11) is 1.65. The molecule has 0 aliphatic carbocycles. The second kappa shape index (κ2) is 8.85. The van der Waals surface area contributed by atoms with E-state index in [0.29, 0.717) is 5.56 Å². The molecule has 0 radical (unpaired) electrons. The maximum atomic E-state index is 8.98. The summed E-state index contributed by atoms with van der Waals surface area (Å²) < 4.78 is 7.36. The molecule has 0 spiro atoms. The molecule has 4 rings (SSSR count). The van der Waals surface area contributed by atoms with E-state index in [9.17, 15) is 0 Å². The van der Waals surface area contributed by atoms with Crippen LogP contribution >= 0.6 is 11.8 Å². The van der Waals surface area contributed by atoms with Crippen LogP contribution in [0.1, 0.15) is 16.7 Å². The first-order chi connectivity index (χ1) is 14.7. The molecule has 0 aliphatic rings. The molecule has 1 heterocycles. The van der Waals surface area contributed by atoms with Gasteiger partial charge in [0.2, 0.25) is 0 Å². The second-order valence-corrected chi connectivity index (χ2v) is 7.75. The first-order valence-corrected chi connectivity index (χ1v) is 10.5. The third-order valence-corrected chi connectivity index (χ3v) is 5.69. The summed E-state index contributed by atoms with van der Waals surface area (Å²) in [6.45, 7) is 2.07. The molecule has 0 amide bonds. The topological polar surface area (TPSA) is 63.7 Å². The van der Waals surface area contributed by atoms with Crippen molar-refractivity contribution in [2.45, 2.75) is 17.8 Å². The first-order valence-electron chi connectivity index (χ1n) is 9.46. The van der Waals surface area contributed by atoms with Gasteiger partial charge in [-0.2, -0.15) is 5.26 Å². The maximum absolute atomic E-state index is 8.98. The van der Waals surface area contributed by atoms with Crippen LogP contribution in [0.15, 0.2) is 78.0 Å². The summed E-state index contributed by atoms with van der Waals surface area (Å²) in [4.78, 5) is 0. The number of benzene rings is 3. The Labute approximate surface area is 180 Å². The molecule has 0 unspecified atom stereocenters. The molecule has 0 atom stereocenters. The number of thioether (sulfide) groups is 1. The van der Waals surface area contributed by atoms with Gasteiger partial charge >= 0.3 is 0 Å². The second-order valence-electron chi connectivity index (χ2n) is 6.81. The predicted octanol–water partition coefficient (Wildman–Crippen LogP) is 5.42. The Morgan fingerprint density at radius 3 is 2.43 bits per heavy atom. The zero-order chi connectivity index (χ0) is 20.9. The van der Waals surface area contributed by atoms with E-state index in [4.69, 9.17) is 10.00 Å². The van der Waals surface area contributed by atoms with Gasteiger partial charge in [0.15, 0.2) is 11.0 Å². The molecule has 1 aromatic heterocycles. The fourth-order valence-corrected chi connectivity index (χ4v) is 4.02. The Bertz CT molecular complexity index is 1190. The Balaban J connectivity index is 1.70. The van der Waals surface area contributed by atoms with Crippen molar-refractivity contribution in [3.63, 3.8) is 0 Å². The molecule has 0 fully saturated rings. The number of ether oxygens (including phenoxy) is 1. The van der Waals surface area contributed by atoms with E-state index >= 15 is 0 Å². The highest BCUT2D eigenvalue weighted by Crippen LogP contribution is 2.30. The van der Waals surface area contributed by atoms with Crippen molar-refractivity contribution >= 4 is 11.8 Å². The van der Waals surface area contributed by atoms with Crippen molar-refractivity contribution in [3.05, 3.63) is 89.5 Å². The van der Waals surface area contributed by atoms with Crippen LogP contribution in [-0.2, 0) is 5.75 Å². The van der Waals surface area contributed by atoms with Gasteiger partial charge in [-0.3, -0.25) is 4.57 Å². The number of methoxy groups -OCH3 is 1. The van der Waals surface area contributed by atoms with Crippen molar-refractivity contribution < 1.29 is 4.74 Å². The average Bonchev–Trinajstić information content (AvgIpc) is 3.22. The van der Waals surface area contributed by atoms with Crippen molar-refractivity contribution in [3.8, 4) is 28.9 Å². The molecule has 3 aromatic carbocycles. The molecule has 0 N–H and O–H groups in total. The van der Waals surface area contributed by atoms with Gasteiger partial charge in [0.1, 0.15) is 5.75 Å². The molecular formula is C24H20N4OS. The van der Waals surface area contributed by atoms with Crippen molar-refractivity contribution in [1.82, 2.24) is 14.8 Å². The third kappa shape index (κ3) is 4.22. The summed E-state index contributed by atoms with van der Waals surface area (Å²) in [6.07, 6.45) is 0. The van der Waals surface area contributed by atoms with E-state index in [1.165, 1.54) is 5.56 Å². The number of hydrogen-bond acceptors (Lipinski definition) is 5. The SMILES string of the molecule is COc1ccc(-c2nnc(SCc3ccc(C#N)cc3)n2-c2cccc(C)c2)cc1. The van der Waals surface area contributed by atoms with Gasteiger partial charge in [0, 0.05) is 17.0 Å². The largest absolute Gasteiger partial charge is 0.497 e. The van der Waals surface area contributed by atoms with E-state index in [2.05, 4.69) is 46.0 Å². The van der Waals surface area contributed by atoms with Crippen LogP contribution in [-0.4, -0.2) is 21.9 Å². The van der Waals surface area contributed by atoms with E-state index < -0.39 is 0 Å². The number of aryl methyl sites for hydroxylation is 1. The summed E-state index contributed by atoms with van der Waals surface area (Å²) in [5.41, 5.74) is 4.95. The molecule has 0 saturated heterocycles. The average molecular weight is 413 g/mol. The fraction of sp³-hybridized carbons (Fsp3) is 0.125. The van der Waals surface area contributed by atoms with Gasteiger partial charge in [0.25, 0.3) is 0 Å². The highest BCUT2D eigenvalue weighted by molar-refractivity contribution is 7.98. The molecule has 30 heavy (non-hydrogen) atoms. The van der Waals surface area contributed by atoms with E-state index in [0.717, 1.165) is 39.3 Å². The Morgan fingerprint density at radius 2 is 1.77 bits per heavy atom. The number of hydrogen-bond donors (Lipinski definition) is 0. The minimum absolute atomic E-state index is 0.661. The lowest BCUT2D eigenvalue weighted by molar-refractivity contribution is 0.415. The van der Waals surface area contributed by atoms with Crippen LogP contribution in [0.4, 0.5) is 0 Å². The normalized spacial score (nSPS) is 10.6. The molecule has 6 heteroatoms. The molecule has 4 aromatic rings. The Morgan fingerprint density at radius 1 is 1.00 bits per heavy atom. The maximum Gasteiger partial charge on any atom is 0.196 e. The van der Waals surface area contributed by atoms with Crippen LogP contribution in [0.25, 0.3) is 17.1 Å². The predicted molar refractivity (Wildman–Crippen MR) is 119 cm³/mol. The summed E-state index contributed by atoms with van der Waals surface area (Å²) >= 11 is 1.62. The van der Waals surface area contributed by atoms with Crippen LogP contribution in [0.2, 0.25) is 0 Å². The summed E-state index contributed by atoms with van der Waals surface area (Å²) in [6, 6.07) is 25.9. The molecule has 0 saturated carbocycles. The molecular weight excluding hydrogens is 392 g/mol. The summed E-state index contributed by atoms with van der Waals surface area (Å²) in [5, 5.41) is 18.8. The van der Waals surface area contributed by atoms with Crippen molar-refractivity contribution in [2.75, 3.05) is 7.11 Å². The number of nitriles is 1. The van der Waals surface area contributed by atoms with Crippen LogP contribution < -0.4 is 4.74 Å². The van der Waals surface area contributed by atoms with E-state index in [-0.39, 0.29) is 0 Å². The van der Waals surface area contributed by atoms with Gasteiger partial charge in [-0.25, -0.2) is 0 Å². The van der Waals surface area contributed by atoms with Crippen LogP contribution in [0, 0.1) is 18.3 Å². The number of aromatic nitrogens is 3. The standard InChI is InChI=1S/C24H20N4OS/c1-17-4-3-5-21(14-17)28-23(20-10-12-22(29-2)13-11-20)26-27-24(28)30-16-19-8-6-18(15-25)7-9-19/h3-14H,16H2,1-2H3. The molecule has 148 valence electrons. The number of nitrogens with zero attached hydrogens (tertiary/aromatic N) is 4. The smallest absolute Gasteiger partial charge is 0.196 e. The Hall–Kier alpha value is -3.56. The molecule has 0 bridgehead atoms. The molecule has 5 nitrogen and oxygen atoms in total.